The molecule has 6 heteroatoms. The van der Waals surface area contributed by atoms with Gasteiger partial charge in [-0.15, -0.1) is 0 Å². The van der Waals surface area contributed by atoms with Gasteiger partial charge >= 0.3 is 0 Å². The first kappa shape index (κ1) is 16.1. The van der Waals surface area contributed by atoms with Crippen molar-refractivity contribution in [2.24, 2.45) is 0 Å². The first-order chi connectivity index (χ1) is 12.2. The van der Waals surface area contributed by atoms with E-state index in [-0.39, 0.29) is 5.91 Å². The van der Waals surface area contributed by atoms with Crippen LogP contribution in [0.5, 0.6) is 0 Å². The predicted octanol–water partition coefficient (Wildman–Crippen LogP) is 3.02. The second-order valence-electron chi connectivity index (χ2n) is 5.31. The Morgan fingerprint density at radius 3 is 2.48 bits per heavy atom. The fourth-order valence-corrected chi connectivity index (χ4v) is 2.21. The van der Waals surface area contributed by atoms with Gasteiger partial charge in [0.2, 0.25) is 0 Å². The molecule has 0 saturated carbocycles. The van der Waals surface area contributed by atoms with E-state index in [9.17, 15) is 4.79 Å². The number of carbonyl (C=O) groups excluding carboxylic acids is 1. The molecule has 0 atom stereocenters. The third-order valence-electron chi connectivity index (χ3n) is 3.51. The van der Waals surface area contributed by atoms with Gasteiger partial charge in [0.1, 0.15) is 0 Å². The molecule has 0 bridgehead atoms. The molecule has 0 saturated heterocycles. The summed E-state index contributed by atoms with van der Waals surface area (Å²) in [5, 5.41) is 14.8. The van der Waals surface area contributed by atoms with Crippen LogP contribution in [0.25, 0.3) is 0 Å². The van der Waals surface area contributed by atoms with Crippen molar-refractivity contribution in [3.63, 3.8) is 0 Å². The number of pyridine rings is 2. The fourth-order valence-electron chi connectivity index (χ4n) is 2.21. The highest BCUT2D eigenvalue weighted by Gasteiger charge is 2.07. The summed E-state index contributed by atoms with van der Waals surface area (Å²) in [5.41, 5.74) is 3.54. The zero-order valence-corrected chi connectivity index (χ0v) is 13.3. The molecule has 2 N–H and O–H groups in total. The smallest absolute Gasteiger partial charge is 0.253 e. The molecule has 6 nitrogen and oxygen atoms in total. The van der Waals surface area contributed by atoms with E-state index in [1.54, 1.807) is 48.9 Å². The van der Waals surface area contributed by atoms with Gasteiger partial charge in [0.25, 0.3) is 5.91 Å². The minimum atomic E-state index is -0.201. The molecular weight excluding hydrogens is 314 g/mol. The van der Waals surface area contributed by atoms with E-state index in [0.29, 0.717) is 23.4 Å². The van der Waals surface area contributed by atoms with Crippen LogP contribution in [0, 0.1) is 11.3 Å². The highest BCUT2D eigenvalue weighted by Crippen LogP contribution is 2.17. The molecule has 0 spiro atoms. The molecule has 2 heterocycles. The third kappa shape index (κ3) is 4.39. The number of benzene rings is 1. The summed E-state index contributed by atoms with van der Waals surface area (Å²) in [6.45, 7) is 0.425. The number of amides is 1. The lowest BCUT2D eigenvalue weighted by molar-refractivity contribution is 0.0950. The topological polar surface area (TPSA) is 90.7 Å². The minimum absolute atomic E-state index is 0.201. The van der Waals surface area contributed by atoms with Gasteiger partial charge in [-0.3, -0.25) is 14.8 Å². The molecular formula is C19H15N5O. The van der Waals surface area contributed by atoms with Gasteiger partial charge in [-0.05, 0) is 48.0 Å². The van der Waals surface area contributed by atoms with Crippen LogP contribution in [0.15, 0.2) is 67.3 Å². The molecule has 0 aliphatic carbocycles. The monoisotopic (exact) mass is 329 g/mol. The SMILES string of the molecule is N#Cc1ccc(Nc2cncc(C(=O)NCc3ccncc3)c2)cc1. The number of aromatic nitrogens is 2. The highest BCUT2D eigenvalue weighted by molar-refractivity contribution is 5.94. The predicted molar refractivity (Wildman–Crippen MR) is 94.1 cm³/mol. The summed E-state index contributed by atoms with van der Waals surface area (Å²) < 4.78 is 0. The summed E-state index contributed by atoms with van der Waals surface area (Å²) >= 11 is 0. The van der Waals surface area contributed by atoms with Gasteiger partial charge in [-0.2, -0.15) is 5.26 Å². The zero-order chi connectivity index (χ0) is 17.5. The third-order valence-corrected chi connectivity index (χ3v) is 3.51. The van der Waals surface area contributed by atoms with Crippen molar-refractivity contribution in [1.82, 2.24) is 15.3 Å². The van der Waals surface area contributed by atoms with Crippen molar-refractivity contribution >= 4 is 17.3 Å². The molecule has 2 aromatic heterocycles. The quantitative estimate of drug-likeness (QED) is 0.751. The average Bonchev–Trinajstić information content (AvgIpc) is 2.68. The number of carbonyl (C=O) groups is 1. The summed E-state index contributed by atoms with van der Waals surface area (Å²) in [5.74, 6) is -0.201. The van der Waals surface area contributed by atoms with Crippen molar-refractivity contribution in [1.29, 1.82) is 5.26 Å². The van der Waals surface area contributed by atoms with Gasteiger partial charge in [0.05, 0.1) is 29.1 Å². The lowest BCUT2D eigenvalue weighted by Gasteiger charge is -2.09. The molecule has 25 heavy (non-hydrogen) atoms. The minimum Gasteiger partial charge on any atom is -0.354 e. The molecule has 0 radical (unpaired) electrons. The second-order valence-corrected chi connectivity index (χ2v) is 5.31. The average molecular weight is 329 g/mol. The largest absolute Gasteiger partial charge is 0.354 e. The van der Waals surface area contributed by atoms with Gasteiger partial charge in [-0.1, -0.05) is 0 Å². The van der Waals surface area contributed by atoms with Crippen molar-refractivity contribution in [2.45, 2.75) is 6.54 Å². The normalized spacial score (nSPS) is 9.88. The van der Waals surface area contributed by atoms with Crippen LogP contribution in [0.2, 0.25) is 0 Å². The van der Waals surface area contributed by atoms with Gasteiger partial charge < -0.3 is 10.6 Å². The maximum Gasteiger partial charge on any atom is 0.253 e. The van der Waals surface area contributed by atoms with Crippen LogP contribution >= 0.6 is 0 Å². The van der Waals surface area contributed by atoms with E-state index in [0.717, 1.165) is 11.3 Å². The number of anilines is 2. The fraction of sp³-hybridized carbons (Fsp3) is 0.0526. The van der Waals surface area contributed by atoms with E-state index in [1.165, 1.54) is 6.20 Å². The number of hydrogen-bond donors (Lipinski definition) is 2. The number of nitrogens with zero attached hydrogens (tertiary/aromatic N) is 3. The van der Waals surface area contributed by atoms with Gasteiger partial charge in [-0.25, -0.2) is 0 Å². The van der Waals surface area contributed by atoms with E-state index in [2.05, 4.69) is 26.7 Å². The van der Waals surface area contributed by atoms with E-state index >= 15 is 0 Å². The Bertz CT molecular complexity index is 901. The molecule has 1 aromatic carbocycles. The Morgan fingerprint density at radius 2 is 1.76 bits per heavy atom. The van der Waals surface area contributed by atoms with Crippen molar-refractivity contribution in [3.05, 3.63) is 83.9 Å². The highest BCUT2D eigenvalue weighted by atomic mass is 16.1. The van der Waals surface area contributed by atoms with Crippen LogP contribution in [-0.2, 0) is 6.54 Å². The summed E-state index contributed by atoms with van der Waals surface area (Å²) in [7, 11) is 0. The van der Waals surface area contributed by atoms with Crippen LogP contribution < -0.4 is 10.6 Å². The summed E-state index contributed by atoms with van der Waals surface area (Å²) in [6.07, 6.45) is 6.53. The second kappa shape index (κ2) is 7.70. The van der Waals surface area contributed by atoms with Crippen molar-refractivity contribution in [3.8, 4) is 6.07 Å². The van der Waals surface area contributed by atoms with Crippen LogP contribution in [-0.4, -0.2) is 15.9 Å². The molecule has 0 aliphatic heterocycles. The lowest BCUT2D eigenvalue weighted by atomic mass is 10.2. The molecule has 1 amide bonds. The van der Waals surface area contributed by atoms with E-state index < -0.39 is 0 Å². The lowest BCUT2D eigenvalue weighted by Crippen LogP contribution is -2.23. The molecule has 122 valence electrons. The molecule has 0 unspecified atom stereocenters. The molecule has 0 fully saturated rings. The number of nitriles is 1. The van der Waals surface area contributed by atoms with E-state index in [4.69, 9.17) is 5.26 Å². The van der Waals surface area contributed by atoms with Crippen LogP contribution in [0.4, 0.5) is 11.4 Å². The van der Waals surface area contributed by atoms with Crippen LogP contribution in [0.1, 0.15) is 21.5 Å². The van der Waals surface area contributed by atoms with E-state index in [1.807, 2.05) is 12.1 Å². The molecule has 3 rings (SSSR count). The maximum absolute atomic E-state index is 12.3. The number of hydrogen-bond acceptors (Lipinski definition) is 5. The van der Waals surface area contributed by atoms with Crippen molar-refractivity contribution < 1.29 is 4.79 Å². The summed E-state index contributed by atoms with van der Waals surface area (Å²) in [6, 6.07) is 14.5. The Kier molecular flexibility index (Phi) is 4.98. The van der Waals surface area contributed by atoms with Crippen LogP contribution in [0.3, 0.4) is 0 Å². The maximum atomic E-state index is 12.3. The number of rotatable bonds is 5. The Morgan fingerprint density at radius 1 is 1.00 bits per heavy atom. The Labute approximate surface area is 145 Å². The van der Waals surface area contributed by atoms with Gasteiger partial charge in [0, 0.05) is 30.8 Å². The molecule has 3 aromatic rings. The Balaban J connectivity index is 1.66. The van der Waals surface area contributed by atoms with Crippen molar-refractivity contribution in [2.75, 3.05) is 5.32 Å². The first-order valence-corrected chi connectivity index (χ1v) is 7.64. The summed E-state index contributed by atoms with van der Waals surface area (Å²) in [4.78, 5) is 20.3. The number of nitrogens with one attached hydrogen (secondary N) is 2. The molecule has 0 aliphatic rings. The standard InChI is InChI=1S/C19H15N5O/c20-10-14-1-3-17(4-2-14)24-18-9-16(12-22-13-18)19(25)23-11-15-5-7-21-8-6-15/h1-9,12-13,24H,11H2,(H,23,25). The zero-order valence-electron chi connectivity index (χ0n) is 13.3. The van der Waals surface area contributed by atoms with Gasteiger partial charge in [0.15, 0.2) is 0 Å². The first-order valence-electron chi connectivity index (χ1n) is 7.64. The Hall–Kier alpha value is -3.72.